The van der Waals surface area contributed by atoms with E-state index < -0.39 is 0 Å². The van der Waals surface area contributed by atoms with Gasteiger partial charge in [0.15, 0.2) is 0 Å². The van der Waals surface area contributed by atoms with Crippen LogP contribution in [0.4, 0.5) is 5.69 Å². The van der Waals surface area contributed by atoms with Gasteiger partial charge in [-0.3, -0.25) is 4.79 Å². The summed E-state index contributed by atoms with van der Waals surface area (Å²) in [6.45, 7) is 0. The minimum absolute atomic E-state index is 0.163. The Hall–Kier alpha value is -1.71. The molecule has 1 fully saturated rings. The molecule has 1 amide bonds. The topological polar surface area (TPSA) is 55.1 Å². The largest absolute Gasteiger partial charge is 0.397 e. The maximum Gasteiger partial charge on any atom is 0.251 e. The van der Waals surface area contributed by atoms with Crippen LogP contribution in [0.5, 0.6) is 0 Å². The Morgan fingerprint density at radius 1 is 1.19 bits per heavy atom. The molecule has 0 heterocycles. The predicted octanol–water partition coefficient (Wildman–Crippen LogP) is 3.86. The van der Waals surface area contributed by atoms with Gasteiger partial charge in [0.05, 0.1) is 15.7 Å². The fourth-order valence-corrected chi connectivity index (χ4v) is 2.75. The molecular weight excluding hydrogens is 307 g/mol. The van der Waals surface area contributed by atoms with Crippen LogP contribution in [-0.2, 0) is 0 Å². The molecule has 0 aromatic heterocycles. The van der Waals surface area contributed by atoms with Gasteiger partial charge in [-0.15, -0.1) is 0 Å². The van der Waals surface area contributed by atoms with E-state index in [1.807, 2.05) is 18.2 Å². The summed E-state index contributed by atoms with van der Waals surface area (Å²) < 4.78 is 0. The average Bonchev–Trinajstić information content (AvgIpc) is 3.24. The SMILES string of the molecule is Nc1cc(C(=O)NC2CC2c2ccccc2)cc(Cl)c1Cl. The molecule has 5 heteroatoms. The normalized spacial score (nSPS) is 20.1. The van der Waals surface area contributed by atoms with Crippen LogP contribution < -0.4 is 11.1 Å². The van der Waals surface area contributed by atoms with Crippen LogP contribution in [0.1, 0.15) is 28.3 Å². The summed E-state index contributed by atoms with van der Waals surface area (Å²) in [6, 6.07) is 13.4. The first kappa shape index (κ1) is 14.2. The number of rotatable bonds is 3. The Labute approximate surface area is 133 Å². The quantitative estimate of drug-likeness (QED) is 0.844. The molecule has 0 radical (unpaired) electrons. The highest BCUT2D eigenvalue weighted by atomic mass is 35.5. The van der Waals surface area contributed by atoms with Gasteiger partial charge in [-0.25, -0.2) is 0 Å². The number of nitrogens with one attached hydrogen (secondary N) is 1. The second-order valence-corrected chi connectivity index (χ2v) is 5.98. The molecule has 3 N–H and O–H groups in total. The molecule has 0 spiro atoms. The van der Waals surface area contributed by atoms with Gasteiger partial charge in [0, 0.05) is 17.5 Å². The minimum atomic E-state index is -0.177. The molecule has 0 saturated heterocycles. The third kappa shape index (κ3) is 2.99. The molecular formula is C16H14Cl2N2O. The molecule has 21 heavy (non-hydrogen) atoms. The van der Waals surface area contributed by atoms with Crippen molar-refractivity contribution in [1.82, 2.24) is 5.32 Å². The van der Waals surface area contributed by atoms with E-state index >= 15 is 0 Å². The van der Waals surface area contributed by atoms with E-state index in [0.29, 0.717) is 17.2 Å². The van der Waals surface area contributed by atoms with Crippen molar-refractivity contribution in [2.75, 3.05) is 5.73 Å². The first-order valence-corrected chi connectivity index (χ1v) is 7.42. The van der Waals surface area contributed by atoms with Crippen LogP contribution in [0.25, 0.3) is 0 Å². The van der Waals surface area contributed by atoms with Gasteiger partial charge < -0.3 is 11.1 Å². The number of nitrogens with two attached hydrogens (primary N) is 1. The molecule has 0 bridgehead atoms. The predicted molar refractivity (Wildman–Crippen MR) is 85.9 cm³/mol. The van der Waals surface area contributed by atoms with Crippen LogP contribution in [0.15, 0.2) is 42.5 Å². The lowest BCUT2D eigenvalue weighted by Crippen LogP contribution is -2.26. The number of hydrogen-bond acceptors (Lipinski definition) is 2. The lowest BCUT2D eigenvalue weighted by molar-refractivity contribution is 0.0950. The van der Waals surface area contributed by atoms with Gasteiger partial charge in [0.1, 0.15) is 0 Å². The summed E-state index contributed by atoms with van der Waals surface area (Å²) in [6.07, 6.45) is 0.951. The molecule has 108 valence electrons. The Balaban J connectivity index is 1.69. The molecule has 3 rings (SSSR count). The molecule has 0 aliphatic heterocycles. The summed E-state index contributed by atoms with van der Waals surface area (Å²) in [7, 11) is 0. The van der Waals surface area contributed by atoms with Gasteiger partial charge in [-0.1, -0.05) is 53.5 Å². The van der Waals surface area contributed by atoms with E-state index in [-0.39, 0.29) is 22.0 Å². The zero-order valence-electron chi connectivity index (χ0n) is 11.1. The third-order valence-corrected chi connectivity index (χ3v) is 4.47. The van der Waals surface area contributed by atoms with Crippen LogP contribution in [0.2, 0.25) is 10.0 Å². The van der Waals surface area contributed by atoms with Gasteiger partial charge >= 0.3 is 0 Å². The lowest BCUT2D eigenvalue weighted by atomic mass is 10.1. The monoisotopic (exact) mass is 320 g/mol. The summed E-state index contributed by atoms with van der Waals surface area (Å²) in [5, 5.41) is 3.56. The molecule has 1 aliphatic carbocycles. The van der Waals surface area contributed by atoms with E-state index in [1.165, 1.54) is 11.6 Å². The summed E-state index contributed by atoms with van der Waals surface area (Å²) in [5.41, 5.74) is 7.72. The number of carbonyl (C=O) groups excluding carboxylic acids is 1. The van der Waals surface area contributed by atoms with E-state index in [1.54, 1.807) is 6.07 Å². The highest BCUT2D eigenvalue weighted by molar-refractivity contribution is 6.43. The number of amides is 1. The van der Waals surface area contributed by atoms with Crippen molar-refractivity contribution in [2.24, 2.45) is 0 Å². The minimum Gasteiger partial charge on any atom is -0.397 e. The fraction of sp³-hybridized carbons (Fsp3) is 0.188. The number of carbonyl (C=O) groups is 1. The van der Waals surface area contributed by atoms with Gasteiger partial charge in [-0.2, -0.15) is 0 Å². The van der Waals surface area contributed by atoms with E-state index in [4.69, 9.17) is 28.9 Å². The Bertz CT molecular complexity index is 665. The summed E-state index contributed by atoms with van der Waals surface area (Å²) in [4.78, 5) is 12.2. The van der Waals surface area contributed by atoms with Gasteiger partial charge in [0.2, 0.25) is 0 Å². The van der Waals surface area contributed by atoms with Crippen molar-refractivity contribution >= 4 is 34.8 Å². The highest BCUT2D eigenvalue weighted by Crippen LogP contribution is 2.40. The van der Waals surface area contributed by atoms with E-state index in [2.05, 4.69) is 17.4 Å². The maximum absolute atomic E-state index is 12.2. The van der Waals surface area contributed by atoms with Crippen LogP contribution in [0.3, 0.4) is 0 Å². The van der Waals surface area contributed by atoms with Gasteiger partial charge in [0.25, 0.3) is 5.91 Å². The van der Waals surface area contributed by atoms with Crippen LogP contribution in [-0.4, -0.2) is 11.9 Å². The fourth-order valence-electron chi connectivity index (χ4n) is 2.42. The molecule has 2 aromatic rings. The Morgan fingerprint density at radius 2 is 1.90 bits per heavy atom. The van der Waals surface area contributed by atoms with Crippen LogP contribution in [0, 0.1) is 0 Å². The molecule has 2 atom stereocenters. The highest BCUT2D eigenvalue weighted by Gasteiger charge is 2.39. The standard InChI is InChI=1S/C16H14Cl2N2O/c17-12-6-10(7-13(19)15(12)18)16(21)20-14-8-11(14)9-4-2-1-3-5-9/h1-7,11,14H,8,19H2,(H,20,21). The number of hydrogen-bond donors (Lipinski definition) is 2. The lowest BCUT2D eigenvalue weighted by Gasteiger charge is -2.08. The summed E-state index contributed by atoms with van der Waals surface area (Å²) >= 11 is 11.8. The number of halogens is 2. The van der Waals surface area contributed by atoms with Crippen molar-refractivity contribution in [3.05, 3.63) is 63.6 Å². The van der Waals surface area contributed by atoms with Gasteiger partial charge in [-0.05, 0) is 24.1 Å². The molecule has 2 unspecified atom stereocenters. The molecule has 1 aliphatic rings. The number of benzene rings is 2. The maximum atomic E-state index is 12.2. The number of anilines is 1. The zero-order chi connectivity index (χ0) is 15.0. The smallest absolute Gasteiger partial charge is 0.251 e. The molecule has 3 nitrogen and oxygen atoms in total. The third-order valence-electron chi connectivity index (χ3n) is 3.65. The van der Waals surface area contributed by atoms with Crippen molar-refractivity contribution in [1.29, 1.82) is 0 Å². The Kier molecular flexibility index (Phi) is 3.79. The van der Waals surface area contributed by atoms with E-state index in [0.717, 1.165) is 6.42 Å². The first-order valence-electron chi connectivity index (χ1n) is 6.66. The van der Waals surface area contributed by atoms with Crippen molar-refractivity contribution in [3.63, 3.8) is 0 Å². The molecule has 2 aromatic carbocycles. The number of nitrogen functional groups attached to an aromatic ring is 1. The van der Waals surface area contributed by atoms with Crippen molar-refractivity contribution in [2.45, 2.75) is 18.4 Å². The molecule has 1 saturated carbocycles. The average molecular weight is 321 g/mol. The first-order chi connectivity index (χ1) is 10.1. The second-order valence-electron chi connectivity index (χ2n) is 5.19. The van der Waals surface area contributed by atoms with Crippen molar-refractivity contribution in [3.8, 4) is 0 Å². The van der Waals surface area contributed by atoms with E-state index in [9.17, 15) is 4.79 Å². The zero-order valence-corrected chi connectivity index (χ0v) is 12.7. The summed E-state index contributed by atoms with van der Waals surface area (Å²) in [5.74, 6) is 0.207. The van der Waals surface area contributed by atoms with Crippen LogP contribution >= 0.6 is 23.2 Å². The second kappa shape index (κ2) is 5.58. The Morgan fingerprint density at radius 3 is 2.57 bits per heavy atom. The van der Waals surface area contributed by atoms with Crippen molar-refractivity contribution < 1.29 is 4.79 Å².